The maximum absolute atomic E-state index is 12.9. The van der Waals surface area contributed by atoms with Crippen molar-refractivity contribution in [3.05, 3.63) is 85.1 Å². The molecule has 0 amide bonds. The molecule has 1 unspecified atom stereocenters. The molecule has 0 aliphatic carbocycles. The van der Waals surface area contributed by atoms with Gasteiger partial charge in [0.2, 0.25) is 0 Å². The van der Waals surface area contributed by atoms with Crippen LogP contribution in [0.15, 0.2) is 85.1 Å². The molecule has 0 saturated carbocycles. The van der Waals surface area contributed by atoms with Crippen molar-refractivity contribution in [3.8, 4) is 0 Å². The second kappa shape index (κ2) is 60.1. The molecule has 6 heteroatoms. The van der Waals surface area contributed by atoms with Crippen LogP contribution in [0, 0.1) is 0 Å². The average molecular weight is 1000 g/mol. The molecule has 1 atom stereocenters. The first-order chi connectivity index (χ1) is 35.5. The first kappa shape index (κ1) is 68.6. The second-order valence-corrected chi connectivity index (χ2v) is 20.2. The molecule has 0 rings (SSSR count). The van der Waals surface area contributed by atoms with Crippen molar-refractivity contribution < 1.29 is 28.6 Å². The van der Waals surface area contributed by atoms with Crippen molar-refractivity contribution in [3.63, 3.8) is 0 Å². The lowest BCUT2D eigenvalue weighted by molar-refractivity contribution is -0.167. The van der Waals surface area contributed by atoms with E-state index in [0.717, 1.165) is 116 Å². The number of hydrogen-bond acceptors (Lipinski definition) is 6. The lowest BCUT2D eigenvalue weighted by Crippen LogP contribution is -2.30. The van der Waals surface area contributed by atoms with Gasteiger partial charge in [-0.25, -0.2) is 0 Å². The smallest absolute Gasteiger partial charge is 0.306 e. The summed E-state index contributed by atoms with van der Waals surface area (Å²) < 4.78 is 16.9. The fourth-order valence-electron chi connectivity index (χ4n) is 8.53. The van der Waals surface area contributed by atoms with Crippen LogP contribution >= 0.6 is 0 Å². The van der Waals surface area contributed by atoms with Gasteiger partial charge in [0.1, 0.15) is 13.2 Å². The van der Waals surface area contributed by atoms with E-state index in [-0.39, 0.29) is 31.1 Å². The SMILES string of the molecule is CC/C=C\C/C=C\C/C=C\C/C=C\CCCCCCCCC(=O)OC(COC(=O)CCCCCCC/C=C\CCC)COC(=O)CCCCCCCCCCCCCCC/C=C\C/C=C\CCCCCCC. The molecule has 0 bridgehead atoms. The minimum atomic E-state index is -0.788. The van der Waals surface area contributed by atoms with Crippen molar-refractivity contribution in [2.45, 2.75) is 303 Å². The zero-order chi connectivity index (χ0) is 52.2. The van der Waals surface area contributed by atoms with Crippen LogP contribution in [0.25, 0.3) is 0 Å². The fraction of sp³-hybridized carbons (Fsp3) is 0.742. The average Bonchev–Trinajstić information content (AvgIpc) is 3.38. The molecular weight excluding hydrogens is 889 g/mol. The first-order valence-electron chi connectivity index (χ1n) is 30.6. The summed E-state index contributed by atoms with van der Waals surface area (Å²) in [5.41, 5.74) is 0. The second-order valence-electron chi connectivity index (χ2n) is 20.2. The first-order valence-corrected chi connectivity index (χ1v) is 30.6. The summed E-state index contributed by atoms with van der Waals surface area (Å²) >= 11 is 0. The molecule has 0 heterocycles. The summed E-state index contributed by atoms with van der Waals surface area (Å²) in [5, 5.41) is 0. The van der Waals surface area contributed by atoms with Gasteiger partial charge in [-0.15, -0.1) is 0 Å². The van der Waals surface area contributed by atoms with Crippen LogP contribution in [0.1, 0.15) is 297 Å². The van der Waals surface area contributed by atoms with Crippen LogP contribution in [-0.2, 0) is 28.6 Å². The minimum absolute atomic E-state index is 0.0847. The Bertz CT molecular complexity index is 1380. The number of rotatable bonds is 55. The summed E-state index contributed by atoms with van der Waals surface area (Å²) in [5.74, 6) is -0.903. The Hall–Kier alpha value is -3.41. The molecule has 0 aromatic heterocycles. The number of hydrogen-bond donors (Lipinski definition) is 0. The van der Waals surface area contributed by atoms with E-state index in [0.29, 0.717) is 19.3 Å². The lowest BCUT2D eigenvalue weighted by atomic mass is 10.0. The molecular formula is C66H114O6. The predicted molar refractivity (Wildman–Crippen MR) is 311 cm³/mol. The van der Waals surface area contributed by atoms with Gasteiger partial charge in [0.15, 0.2) is 6.10 Å². The highest BCUT2D eigenvalue weighted by Crippen LogP contribution is 2.16. The summed E-state index contributed by atoms with van der Waals surface area (Å²) in [6.45, 7) is 6.46. The molecule has 0 radical (unpaired) electrons. The van der Waals surface area contributed by atoms with Crippen LogP contribution in [0.4, 0.5) is 0 Å². The van der Waals surface area contributed by atoms with Crippen LogP contribution in [-0.4, -0.2) is 37.2 Å². The van der Waals surface area contributed by atoms with Gasteiger partial charge in [0.05, 0.1) is 0 Å². The van der Waals surface area contributed by atoms with E-state index in [4.69, 9.17) is 14.2 Å². The van der Waals surface area contributed by atoms with Gasteiger partial charge < -0.3 is 14.2 Å². The molecule has 0 aromatic carbocycles. The highest BCUT2D eigenvalue weighted by atomic mass is 16.6. The summed E-state index contributed by atoms with van der Waals surface area (Å²) in [7, 11) is 0. The van der Waals surface area contributed by atoms with Crippen molar-refractivity contribution >= 4 is 17.9 Å². The van der Waals surface area contributed by atoms with E-state index in [1.807, 2.05) is 0 Å². The predicted octanol–water partition coefficient (Wildman–Crippen LogP) is 20.7. The van der Waals surface area contributed by atoms with Crippen molar-refractivity contribution in [2.75, 3.05) is 13.2 Å². The Kier molecular flexibility index (Phi) is 57.3. The molecule has 0 aliphatic heterocycles. The number of carbonyl (C=O) groups excluding carboxylic acids is 3. The van der Waals surface area contributed by atoms with Gasteiger partial charge in [-0.05, 0) is 109 Å². The molecule has 6 nitrogen and oxygen atoms in total. The third-order valence-corrected chi connectivity index (χ3v) is 13.1. The number of esters is 3. The normalized spacial score (nSPS) is 12.7. The zero-order valence-electron chi connectivity index (χ0n) is 47.4. The molecule has 0 aromatic rings. The van der Waals surface area contributed by atoms with Gasteiger partial charge in [0, 0.05) is 19.3 Å². The van der Waals surface area contributed by atoms with E-state index >= 15 is 0 Å². The highest BCUT2D eigenvalue weighted by Gasteiger charge is 2.19. The van der Waals surface area contributed by atoms with Gasteiger partial charge in [-0.2, -0.15) is 0 Å². The van der Waals surface area contributed by atoms with Crippen molar-refractivity contribution in [1.82, 2.24) is 0 Å². The maximum atomic E-state index is 12.9. The fourth-order valence-corrected chi connectivity index (χ4v) is 8.53. The highest BCUT2D eigenvalue weighted by molar-refractivity contribution is 5.71. The lowest BCUT2D eigenvalue weighted by Gasteiger charge is -2.18. The molecule has 0 saturated heterocycles. The van der Waals surface area contributed by atoms with Crippen molar-refractivity contribution in [1.29, 1.82) is 0 Å². The van der Waals surface area contributed by atoms with Gasteiger partial charge in [-0.1, -0.05) is 254 Å². The van der Waals surface area contributed by atoms with Gasteiger partial charge in [-0.3, -0.25) is 14.4 Å². The molecule has 0 spiro atoms. The Morgan fingerprint density at radius 1 is 0.292 bits per heavy atom. The summed E-state index contributed by atoms with van der Waals surface area (Å²) in [4.78, 5) is 38.2. The number of allylic oxidation sites excluding steroid dienone is 14. The molecule has 72 heavy (non-hydrogen) atoms. The van der Waals surface area contributed by atoms with E-state index in [9.17, 15) is 14.4 Å². The van der Waals surface area contributed by atoms with Gasteiger partial charge >= 0.3 is 17.9 Å². The molecule has 414 valence electrons. The van der Waals surface area contributed by atoms with E-state index in [1.165, 1.54) is 141 Å². The number of unbranched alkanes of at least 4 members (excludes halogenated alkanes) is 30. The van der Waals surface area contributed by atoms with Crippen LogP contribution in [0.2, 0.25) is 0 Å². The van der Waals surface area contributed by atoms with Crippen molar-refractivity contribution in [2.24, 2.45) is 0 Å². The van der Waals surface area contributed by atoms with E-state index < -0.39 is 6.10 Å². The summed E-state index contributed by atoms with van der Waals surface area (Å²) in [6.07, 6.45) is 78.8. The quantitative estimate of drug-likeness (QED) is 0.0261. The standard InChI is InChI=1S/C66H114O6/c1-4-7-10-13-16-19-22-24-26-28-30-31-32-33-34-35-37-38-40-42-44-47-50-53-56-59-65(68)71-62-63(61-70-64(67)58-55-52-49-46-21-18-15-12-9-6-3)72-66(69)60-57-54-51-48-45-43-41-39-36-29-27-25-23-20-17-14-11-8-5-2/h8,11-12,15,17,20,22,24-25,27-28,30,36,39,63H,4-7,9-10,13-14,16,18-19,21,23,26,29,31-35,37-38,40-62H2,1-3H3/b11-8-,15-12-,20-17-,24-22-,27-25-,30-28-,39-36-. The third kappa shape index (κ3) is 57.5. The Morgan fingerprint density at radius 3 is 0.917 bits per heavy atom. The third-order valence-electron chi connectivity index (χ3n) is 13.1. The Morgan fingerprint density at radius 2 is 0.569 bits per heavy atom. The number of ether oxygens (including phenoxy) is 3. The monoisotopic (exact) mass is 1000 g/mol. The Labute approximate surface area is 445 Å². The number of carbonyl (C=O) groups is 3. The summed E-state index contributed by atoms with van der Waals surface area (Å²) in [6, 6.07) is 0. The maximum Gasteiger partial charge on any atom is 0.306 e. The van der Waals surface area contributed by atoms with Crippen LogP contribution in [0.5, 0.6) is 0 Å². The van der Waals surface area contributed by atoms with Crippen LogP contribution in [0.3, 0.4) is 0 Å². The zero-order valence-corrected chi connectivity index (χ0v) is 47.4. The Balaban J connectivity index is 4.26. The van der Waals surface area contributed by atoms with E-state index in [1.54, 1.807) is 0 Å². The minimum Gasteiger partial charge on any atom is -0.462 e. The van der Waals surface area contributed by atoms with E-state index in [2.05, 4.69) is 106 Å². The van der Waals surface area contributed by atoms with Gasteiger partial charge in [0.25, 0.3) is 0 Å². The van der Waals surface area contributed by atoms with Crippen LogP contribution < -0.4 is 0 Å². The molecule has 0 fully saturated rings. The largest absolute Gasteiger partial charge is 0.462 e. The molecule has 0 N–H and O–H groups in total. The topological polar surface area (TPSA) is 78.9 Å². The molecule has 0 aliphatic rings.